The molecule has 1 amide bonds. The van der Waals surface area contributed by atoms with E-state index in [1.165, 1.54) is 23.4 Å². The first-order valence-electron chi connectivity index (χ1n) is 12.2. The fraction of sp³-hybridized carbons (Fsp3) is 0.464. The Bertz CT molecular complexity index is 1280. The molecule has 0 aliphatic rings. The summed E-state index contributed by atoms with van der Waals surface area (Å²) in [7, 11) is 1.67. The molecule has 3 rings (SSSR count). The zero-order valence-corrected chi connectivity index (χ0v) is 22.6. The number of nitrogens with zero attached hydrogens (tertiary/aromatic N) is 4. The molecule has 7 nitrogen and oxygen atoms in total. The van der Waals surface area contributed by atoms with E-state index < -0.39 is 17.4 Å². The molecule has 3 aromatic rings. The summed E-state index contributed by atoms with van der Waals surface area (Å²) in [5.41, 5.74) is 1.75. The molecule has 0 saturated heterocycles. The second-order valence-electron chi connectivity index (χ2n) is 10.8. The zero-order chi connectivity index (χ0) is 26.8. The van der Waals surface area contributed by atoms with E-state index in [-0.39, 0.29) is 5.69 Å². The molecular weight excluding hydrogens is 459 g/mol. The molecule has 0 fully saturated rings. The first kappa shape index (κ1) is 27.2. The average Bonchev–Trinajstić information content (AvgIpc) is 3.07. The lowest BCUT2D eigenvalue weighted by Crippen LogP contribution is -2.35. The molecule has 0 unspecified atom stereocenters. The van der Waals surface area contributed by atoms with Crippen molar-refractivity contribution in [2.24, 2.45) is 0 Å². The number of halogens is 1. The van der Waals surface area contributed by atoms with E-state index in [2.05, 4.69) is 5.10 Å². The highest BCUT2D eigenvalue weighted by Crippen LogP contribution is 2.27. The molecule has 194 valence electrons. The summed E-state index contributed by atoms with van der Waals surface area (Å²) < 4.78 is 22.8. The van der Waals surface area contributed by atoms with Gasteiger partial charge in [-0.15, -0.1) is 5.10 Å². The van der Waals surface area contributed by atoms with Crippen LogP contribution >= 0.6 is 0 Å². The molecule has 0 N–H and O–H groups in total. The van der Waals surface area contributed by atoms with Crippen molar-refractivity contribution in [1.29, 1.82) is 0 Å². The van der Waals surface area contributed by atoms with Gasteiger partial charge in [-0.3, -0.25) is 0 Å². The van der Waals surface area contributed by atoms with Crippen LogP contribution in [-0.2, 0) is 17.0 Å². The minimum Gasteiger partial charge on any atom is -0.444 e. The van der Waals surface area contributed by atoms with Gasteiger partial charge in [-0.2, -0.15) is 0 Å². The molecule has 36 heavy (non-hydrogen) atoms. The Balaban J connectivity index is 1.94. The Kier molecular flexibility index (Phi) is 7.76. The second-order valence-corrected chi connectivity index (χ2v) is 10.8. The molecule has 0 aliphatic heterocycles. The average molecular weight is 497 g/mol. The standard InChI is InChI=1S/C28H37FN4O3/c1-19-10-15-23(20(2)18-19)24-30-32(17-9-16-31(8)26(35)36-27(3,4)5)25(34)33(24)22-13-11-21(12-14-22)28(6,7)29/h10-15,18H,9,16-17H2,1-8H3. The Morgan fingerprint density at radius 2 is 1.69 bits per heavy atom. The summed E-state index contributed by atoms with van der Waals surface area (Å²) in [5, 5.41) is 4.68. The molecule has 0 spiro atoms. The molecule has 0 atom stereocenters. The van der Waals surface area contributed by atoms with Gasteiger partial charge in [0.25, 0.3) is 0 Å². The summed E-state index contributed by atoms with van der Waals surface area (Å²) >= 11 is 0. The van der Waals surface area contributed by atoms with Gasteiger partial charge in [-0.05, 0) is 78.1 Å². The maximum atomic E-state index is 14.4. The van der Waals surface area contributed by atoms with Crippen molar-refractivity contribution >= 4 is 6.09 Å². The fourth-order valence-corrected chi connectivity index (χ4v) is 3.92. The number of aryl methyl sites for hydroxylation is 3. The summed E-state index contributed by atoms with van der Waals surface area (Å²) in [6, 6.07) is 12.9. The third-order valence-corrected chi connectivity index (χ3v) is 5.84. The maximum absolute atomic E-state index is 14.4. The molecule has 0 saturated carbocycles. The minimum atomic E-state index is -1.48. The van der Waals surface area contributed by atoms with E-state index >= 15 is 0 Å². The predicted octanol–water partition coefficient (Wildman–Crippen LogP) is 5.78. The van der Waals surface area contributed by atoms with Crippen molar-refractivity contribution in [1.82, 2.24) is 19.2 Å². The maximum Gasteiger partial charge on any atom is 0.410 e. The number of carbonyl (C=O) groups is 1. The summed E-state index contributed by atoms with van der Waals surface area (Å²) in [6.07, 6.45) is 0.112. The number of alkyl halides is 1. The number of hydrogen-bond acceptors (Lipinski definition) is 4. The van der Waals surface area contributed by atoms with E-state index in [1.807, 2.05) is 52.8 Å². The normalized spacial score (nSPS) is 12.0. The molecule has 0 aliphatic carbocycles. The monoisotopic (exact) mass is 496 g/mol. The predicted molar refractivity (Wildman–Crippen MR) is 140 cm³/mol. The lowest BCUT2D eigenvalue weighted by molar-refractivity contribution is 0.0295. The van der Waals surface area contributed by atoms with Gasteiger partial charge in [-0.1, -0.05) is 35.9 Å². The number of hydrogen-bond donors (Lipinski definition) is 0. The van der Waals surface area contributed by atoms with Crippen LogP contribution in [0.3, 0.4) is 0 Å². The van der Waals surface area contributed by atoms with Crippen LogP contribution in [0.1, 0.15) is 57.7 Å². The van der Waals surface area contributed by atoms with Gasteiger partial charge in [0.05, 0.1) is 5.69 Å². The van der Waals surface area contributed by atoms with Gasteiger partial charge < -0.3 is 9.64 Å². The van der Waals surface area contributed by atoms with E-state index in [4.69, 9.17) is 4.74 Å². The van der Waals surface area contributed by atoms with Crippen LogP contribution < -0.4 is 5.69 Å². The topological polar surface area (TPSA) is 69.4 Å². The molecule has 0 bridgehead atoms. The lowest BCUT2D eigenvalue weighted by atomic mass is 10.00. The number of rotatable bonds is 7. The Labute approximate surface area is 212 Å². The molecule has 1 heterocycles. The third kappa shape index (κ3) is 6.42. The van der Waals surface area contributed by atoms with E-state index in [1.54, 1.807) is 35.9 Å². The highest BCUT2D eigenvalue weighted by Gasteiger charge is 2.22. The first-order chi connectivity index (χ1) is 16.7. The number of ether oxygens (including phenoxy) is 1. The van der Waals surface area contributed by atoms with Crippen molar-refractivity contribution in [2.45, 2.75) is 72.7 Å². The van der Waals surface area contributed by atoms with Gasteiger partial charge in [0, 0.05) is 25.7 Å². The zero-order valence-electron chi connectivity index (χ0n) is 22.6. The van der Waals surface area contributed by atoms with Gasteiger partial charge in [0.1, 0.15) is 11.3 Å². The quantitative estimate of drug-likeness (QED) is 0.416. The van der Waals surface area contributed by atoms with Crippen molar-refractivity contribution in [3.63, 3.8) is 0 Å². The smallest absolute Gasteiger partial charge is 0.410 e. The fourth-order valence-electron chi connectivity index (χ4n) is 3.92. The summed E-state index contributed by atoms with van der Waals surface area (Å²) in [4.78, 5) is 27.2. The van der Waals surface area contributed by atoms with Gasteiger partial charge in [0.15, 0.2) is 5.82 Å². The van der Waals surface area contributed by atoms with E-state index in [9.17, 15) is 14.0 Å². The van der Waals surface area contributed by atoms with E-state index in [0.29, 0.717) is 36.6 Å². The highest BCUT2D eigenvalue weighted by atomic mass is 19.1. The van der Waals surface area contributed by atoms with Crippen molar-refractivity contribution in [2.75, 3.05) is 13.6 Å². The largest absolute Gasteiger partial charge is 0.444 e. The highest BCUT2D eigenvalue weighted by molar-refractivity contribution is 5.67. The Morgan fingerprint density at radius 1 is 1.06 bits per heavy atom. The van der Waals surface area contributed by atoms with Crippen LogP contribution in [0.4, 0.5) is 9.18 Å². The number of benzene rings is 2. The van der Waals surface area contributed by atoms with Gasteiger partial charge in [0.2, 0.25) is 0 Å². The summed E-state index contributed by atoms with van der Waals surface area (Å²) in [6.45, 7) is 13.2. The van der Waals surface area contributed by atoms with Crippen molar-refractivity contribution < 1.29 is 13.9 Å². The molecule has 8 heteroatoms. The third-order valence-electron chi connectivity index (χ3n) is 5.84. The van der Waals surface area contributed by atoms with Gasteiger partial charge >= 0.3 is 11.8 Å². The van der Waals surface area contributed by atoms with Crippen molar-refractivity contribution in [3.8, 4) is 17.1 Å². The molecule has 0 radical (unpaired) electrons. The van der Waals surface area contributed by atoms with Crippen LogP contribution in [0.5, 0.6) is 0 Å². The Morgan fingerprint density at radius 3 is 2.25 bits per heavy atom. The first-order valence-corrected chi connectivity index (χ1v) is 12.2. The van der Waals surface area contributed by atoms with Crippen LogP contribution in [0.2, 0.25) is 0 Å². The summed E-state index contributed by atoms with van der Waals surface area (Å²) in [5.74, 6) is 0.519. The molecule has 2 aromatic carbocycles. The number of aromatic nitrogens is 3. The van der Waals surface area contributed by atoms with Crippen LogP contribution in [-0.4, -0.2) is 44.5 Å². The number of carbonyl (C=O) groups excluding carboxylic acids is 1. The minimum absolute atomic E-state index is 0.294. The Hall–Kier alpha value is -3.42. The van der Waals surface area contributed by atoms with Gasteiger partial charge in [-0.25, -0.2) is 23.2 Å². The van der Waals surface area contributed by atoms with Crippen molar-refractivity contribution in [3.05, 3.63) is 69.6 Å². The molecular formula is C28H37FN4O3. The SMILES string of the molecule is Cc1ccc(-c2nn(CCCN(C)C(=O)OC(C)(C)C)c(=O)n2-c2ccc(C(C)(C)F)cc2)c(C)c1. The molecule has 1 aromatic heterocycles. The van der Waals surface area contributed by atoms with Crippen LogP contribution in [0.25, 0.3) is 17.1 Å². The lowest BCUT2D eigenvalue weighted by Gasteiger charge is -2.24. The van der Waals surface area contributed by atoms with E-state index in [0.717, 1.165) is 16.7 Å². The van der Waals surface area contributed by atoms with Crippen LogP contribution in [0, 0.1) is 13.8 Å². The number of amides is 1. The second kappa shape index (κ2) is 10.3. The van der Waals surface area contributed by atoms with Crippen LogP contribution in [0.15, 0.2) is 47.3 Å².